The number of likely N-dealkylation sites (N-methyl/N-ethyl adjacent to an activating group) is 1. The summed E-state index contributed by atoms with van der Waals surface area (Å²) in [6, 6.07) is 0. The SMILES string of the molecule is CN(C)C(=O)/C=C/C(=N)[O-]. The normalized spacial score (nSPS) is 9.80. The zero-order chi connectivity index (χ0) is 8.15. The third kappa shape index (κ3) is 3.65. The molecule has 0 aliphatic rings. The van der Waals surface area contributed by atoms with E-state index in [1.165, 1.54) is 4.90 Å². The summed E-state index contributed by atoms with van der Waals surface area (Å²) in [4.78, 5) is 12.0. The first-order valence-electron chi connectivity index (χ1n) is 2.69. The monoisotopic (exact) mass is 141 g/mol. The Balaban J connectivity index is 3.90. The molecular formula is C6H9N2O2-. The second kappa shape index (κ2) is 3.66. The Hall–Kier alpha value is -1.32. The van der Waals surface area contributed by atoms with Gasteiger partial charge in [-0.2, -0.15) is 0 Å². The van der Waals surface area contributed by atoms with Crippen LogP contribution in [-0.2, 0) is 4.79 Å². The fourth-order valence-corrected chi connectivity index (χ4v) is 0.296. The molecule has 0 aromatic carbocycles. The summed E-state index contributed by atoms with van der Waals surface area (Å²) < 4.78 is 0. The van der Waals surface area contributed by atoms with E-state index in [0.29, 0.717) is 0 Å². The van der Waals surface area contributed by atoms with Gasteiger partial charge >= 0.3 is 0 Å². The molecule has 0 aromatic rings. The number of nitrogens with one attached hydrogen (secondary N) is 1. The van der Waals surface area contributed by atoms with Crippen molar-refractivity contribution in [2.75, 3.05) is 14.1 Å². The van der Waals surface area contributed by atoms with Gasteiger partial charge in [0, 0.05) is 20.2 Å². The number of hydrogen-bond acceptors (Lipinski definition) is 3. The molecule has 0 spiro atoms. The molecule has 0 heterocycles. The molecule has 0 radical (unpaired) electrons. The maximum absolute atomic E-state index is 10.7. The van der Waals surface area contributed by atoms with Crippen molar-refractivity contribution in [1.82, 2.24) is 4.90 Å². The summed E-state index contributed by atoms with van der Waals surface area (Å²) in [7, 11) is 3.14. The summed E-state index contributed by atoms with van der Waals surface area (Å²) in [5.41, 5.74) is 0. The minimum Gasteiger partial charge on any atom is -0.859 e. The van der Waals surface area contributed by atoms with E-state index >= 15 is 0 Å². The highest BCUT2D eigenvalue weighted by molar-refractivity contribution is 5.93. The van der Waals surface area contributed by atoms with Crippen LogP contribution in [-0.4, -0.2) is 30.8 Å². The molecule has 10 heavy (non-hydrogen) atoms. The van der Waals surface area contributed by atoms with Gasteiger partial charge < -0.3 is 15.4 Å². The molecule has 0 aromatic heterocycles. The largest absolute Gasteiger partial charge is 0.859 e. The van der Waals surface area contributed by atoms with Gasteiger partial charge in [0.15, 0.2) is 0 Å². The zero-order valence-electron chi connectivity index (χ0n) is 5.92. The number of carbonyl (C=O) groups excluding carboxylic acids is 1. The average molecular weight is 141 g/mol. The second-order valence-corrected chi connectivity index (χ2v) is 1.93. The van der Waals surface area contributed by atoms with Crippen molar-refractivity contribution in [3.05, 3.63) is 12.2 Å². The summed E-state index contributed by atoms with van der Waals surface area (Å²) >= 11 is 0. The second-order valence-electron chi connectivity index (χ2n) is 1.93. The Morgan fingerprint density at radius 1 is 1.50 bits per heavy atom. The molecule has 4 nitrogen and oxygen atoms in total. The van der Waals surface area contributed by atoms with Gasteiger partial charge in [0.05, 0.1) is 0 Å². The lowest BCUT2D eigenvalue weighted by Gasteiger charge is -2.05. The van der Waals surface area contributed by atoms with Crippen molar-refractivity contribution < 1.29 is 9.90 Å². The molecule has 0 unspecified atom stereocenters. The van der Waals surface area contributed by atoms with Crippen molar-refractivity contribution in [3.63, 3.8) is 0 Å². The van der Waals surface area contributed by atoms with E-state index in [1.54, 1.807) is 14.1 Å². The average Bonchev–Trinajstić information content (AvgIpc) is 1.82. The Kier molecular flexibility index (Phi) is 3.17. The lowest BCUT2D eigenvalue weighted by molar-refractivity contribution is -0.213. The first-order chi connectivity index (χ1) is 4.54. The Bertz CT molecular complexity index is 173. The van der Waals surface area contributed by atoms with Gasteiger partial charge in [-0.1, -0.05) is 0 Å². The van der Waals surface area contributed by atoms with Crippen LogP contribution in [0.15, 0.2) is 12.2 Å². The smallest absolute Gasteiger partial charge is 0.246 e. The topological polar surface area (TPSA) is 67.2 Å². The predicted octanol–water partition coefficient (Wildman–Crippen LogP) is -1.03. The number of carbonyl (C=O) groups is 1. The Labute approximate surface area is 59.3 Å². The van der Waals surface area contributed by atoms with Crippen LogP contribution in [0.25, 0.3) is 0 Å². The highest BCUT2D eigenvalue weighted by Crippen LogP contribution is 1.79. The van der Waals surface area contributed by atoms with Gasteiger partial charge in [0.1, 0.15) is 0 Å². The predicted molar refractivity (Wildman–Crippen MR) is 35.6 cm³/mol. The molecule has 0 atom stereocenters. The third-order valence-electron chi connectivity index (χ3n) is 0.818. The maximum Gasteiger partial charge on any atom is 0.246 e. The van der Waals surface area contributed by atoms with Gasteiger partial charge in [-0.25, -0.2) is 0 Å². The van der Waals surface area contributed by atoms with E-state index in [9.17, 15) is 9.90 Å². The van der Waals surface area contributed by atoms with Gasteiger partial charge in [0.25, 0.3) is 0 Å². The van der Waals surface area contributed by atoms with Crippen molar-refractivity contribution in [2.24, 2.45) is 0 Å². The lowest BCUT2D eigenvalue weighted by Crippen LogP contribution is -2.20. The van der Waals surface area contributed by atoms with E-state index in [2.05, 4.69) is 0 Å². The van der Waals surface area contributed by atoms with Crippen molar-refractivity contribution in [2.45, 2.75) is 0 Å². The standard InChI is InChI=1S/C6H10N2O2/c1-8(2)6(10)4-3-5(7)9/h3-4H,1-2H3,(H2,7,9)/p-1/b4-3+. The number of amides is 1. The van der Waals surface area contributed by atoms with E-state index in [1.807, 2.05) is 0 Å². The molecule has 0 rings (SSSR count). The fourth-order valence-electron chi connectivity index (χ4n) is 0.296. The van der Waals surface area contributed by atoms with Gasteiger partial charge in [0.2, 0.25) is 5.91 Å². The third-order valence-corrected chi connectivity index (χ3v) is 0.818. The Morgan fingerprint density at radius 3 is 2.30 bits per heavy atom. The van der Waals surface area contributed by atoms with Gasteiger partial charge in [-0.05, 0) is 12.0 Å². The van der Waals surface area contributed by atoms with Crippen LogP contribution in [0.3, 0.4) is 0 Å². The molecule has 1 N–H and O–H groups in total. The van der Waals surface area contributed by atoms with Gasteiger partial charge in [-0.15, -0.1) is 0 Å². The minimum absolute atomic E-state index is 0.291. The molecule has 0 bridgehead atoms. The van der Waals surface area contributed by atoms with Crippen LogP contribution in [0.1, 0.15) is 0 Å². The molecule has 0 aliphatic heterocycles. The molecule has 0 fully saturated rings. The van der Waals surface area contributed by atoms with Crippen LogP contribution < -0.4 is 5.11 Å². The maximum atomic E-state index is 10.7. The van der Waals surface area contributed by atoms with Crippen LogP contribution in [0.5, 0.6) is 0 Å². The van der Waals surface area contributed by atoms with Crippen molar-refractivity contribution in [1.29, 1.82) is 5.41 Å². The van der Waals surface area contributed by atoms with Crippen molar-refractivity contribution in [3.8, 4) is 0 Å². The molecule has 1 amide bonds. The number of rotatable bonds is 2. The Morgan fingerprint density at radius 2 is 2.00 bits per heavy atom. The van der Waals surface area contributed by atoms with Crippen LogP contribution in [0.4, 0.5) is 0 Å². The van der Waals surface area contributed by atoms with Crippen LogP contribution in [0, 0.1) is 5.41 Å². The van der Waals surface area contributed by atoms with Gasteiger partial charge in [-0.3, -0.25) is 4.79 Å². The zero-order valence-corrected chi connectivity index (χ0v) is 5.92. The van der Waals surface area contributed by atoms with E-state index in [0.717, 1.165) is 12.2 Å². The van der Waals surface area contributed by atoms with E-state index in [4.69, 9.17) is 5.41 Å². The van der Waals surface area contributed by atoms with E-state index in [-0.39, 0.29) is 5.91 Å². The van der Waals surface area contributed by atoms with Crippen LogP contribution in [0.2, 0.25) is 0 Å². The minimum atomic E-state index is -0.866. The van der Waals surface area contributed by atoms with E-state index < -0.39 is 5.90 Å². The molecular weight excluding hydrogens is 132 g/mol. The summed E-state index contributed by atoms with van der Waals surface area (Å²) in [6.07, 6.45) is 1.98. The first-order valence-corrected chi connectivity index (χ1v) is 2.69. The fraction of sp³-hybridized carbons (Fsp3) is 0.333. The number of hydrogen-bond donors (Lipinski definition) is 1. The summed E-state index contributed by atoms with van der Waals surface area (Å²) in [5, 5.41) is 16.4. The summed E-state index contributed by atoms with van der Waals surface area (Å²) in [6.45, 7) is 0. The molecule has 0 saturated carbocycles. The highest BCUT2D eigenvalue weighted by atomic mass is 16.3. The molecule has 0 saturated heterocycles. The quantitative estimate of drug-likeness (QED) is 0.303. The van der Waals surface area contributed by atoms with Crippen LogP contribution >= 0.6 is 0 Å². The number of nitrogens with zero attached hydrogens (tertiary/aromatic N) is 1. The first kappa shape index (κ1) is 8.68. The lowest BCUT2D eigenvalue weighted by atomic mass is 10.4. The molecule has 56 valence electrons. The molecule has 0 aliphatic carbocycles. The highest BCUT2D eigenvalue weighted by Gasteiger charge is 1.94. The van der Waals surface area contributed by atoms with Crippen molar-refractivity contribution >= 4 is 11.8 Å². The molecule has 4 heteroatoms. The summed E-state index contributed by atoms with van der Waals surface area (Å²) in [5.74, 6) is -1.16.